The fraction of sp³-hybridized carbons (Fsp3) is 0.0833. The van der Waals surface area contributed by atoms with E-state index in [-0.39, 0.29) is 6.03 Å². The molecule has 1 aromatic heterocycles. The van der Waals surface area contributed by atoms with Crippen LogP contribution in [-0.4, -0.2) is 6.03 Å². The molecule has 18 heavy (non-hydrogen) atoms. The lowest BCUT2D eigenvalue weighted by atomic mass is 10.3. The summed E-state index contributed by atoms with van der Waals surface area (Å²) >= 11 is 13.2. The number of hydrogen-bond acceptors (Lipinski definition) is 2. The maximum Gasteiger partial charge on any atom is 0.324 e. The summed E-state index contributed by atoms with van der Waals surface area (Å²) in [4.78, 5) is 11.7. The van der Waals surface area contributed by atoms with Crippen molar-refractivity contribution >= 4 is 51.3 Å². The third-order valence-electron chi connectivity index (χ3n) is 2.15. The first-order valence-corrected chi connectivity index (χ1v) is 6.76. The Kier molecular flexibility index (Phi) is 4.11. The van der Waals surface area contributed by atoms with E-state index in [9.17, 15) is 4.79 Å². The molecule has 2 N–H and O–H groups in total. The average Bonchev–Trinajstić information content (AvgIpc) is 2.68. The van der Waals surface area contributed by atoms with Crippen LogP contribution in [0.4, 0.5) is 15.5 Å². The Hall–Kier alpha value is -1.23. The van der Waals surface area contributed by atoms with Crippen LogP contribution in [0.5, 0.6) is 0 Å². The second-order valence-electron chi connectivity index (χ2n) is 3.69. The molecule has 2 amide bonds. The Balaban J connectivity index is 2.03. The van der Waals surface area contributed by atoms with Gasteiger partial charge in [-0.15, -0.1) is 11.3 Å². The van der Waals surface area contributed by atoms with E-state index in [2.05, 4.69) is 10.6 Å². The largest absolute Gasteiger partial charge is 0.324 e. The first-order valence-electron chi connectivity index (χ1n) is 5.13. The van der Waals surface area contributed by atoms with E-state index < -0.39 is 0 Å². The first-order chi connectivity index (χ1) is 8.54. The van der Waals surface area contributed by atoms with Crippen LogP contribution >= 0.6 is 34.5 Å². The predicted octanol–water partition coefficient (Wildman–Crippen LogP) is 5.01. The molecule has 0 aliphatic carbocycles. The van der Waals surface area contributed by atoms with Crippen molar-refractivity contribution in [2.24, 2.45) is 0 Å². The zero-order valence-electron chi connectivity index (χ0n) is 9.46. The van der Waals surface area contributed by atoms with Crippen molar-refractivity contribution in [2.75, 3.05) is 10.6 Å². The summed E-state index contributed by atoms with van der Waals surface area (Å²) < 4.78 is 0. The van der Waals surface area contributed by atoms with Gasteiger partial charge >= 0.3 is 6.03 Å². The second kappa shape index (κ2) is 5.61. The molecule has 0 aliphatic heterocycles. The molecule has 0 unspecified atom stereocenters. The molecule has 0 fully saturated rings. The molecular formula is C12H10Cl2N2OS. The van der Waals surface area contributed by atoms with Crippen LogP contribution in [0.2, 0.25) is 10.0 Å². The number of halogens is 2. The molecular weight excluding hydrogens is 291 g/mol. The number of aryl methyl sites for hydroxylation is 1. The minimum atomic E-state index is -0.332. The summed E-state index contributed by atoms with van der Waals surface area (Å²) in [5.74, 6) is 0. The predicted molar refractivity (Wildman–Crippen MR) is 78.2 cm³/mol. The van der Waals surface area contributed by atoms with E-state index in [4.69, 9.17) is 23.2 Å². The summed E-state index contributed by atoms with van der Waals surface area (Å²) in [6, 6.07) is 6.46. The number of benzene rings is 1. The molecule has 0 aliphatic rings. The monoisotopic (exact) mass is 300 g/mol. The van der Waals surface area contributed by atoms with E-state index in [0.29, 0.717) is 15.7 Å². The SMILES string of the molecule is Cc1csc(NC(=O)Nc2ccc(Cl)cc2Cl)c1. The smallest absolute Gasteiger partial charge is 0.306 e. The number of nitrogens with one attached hydrogen (secondary N) is 2. The molecule has 0 radical (unpaired) electrons. The van der Waals surface area contributed by atoms with Crippen LogP contribution in [-0.2, 0) is 0 Å². The summed E-state index contributed by atoms with van der Waals surface area (Å²) in [5.41, 5.74) is 1.63. The van der Waals surface area contributed by atoms with Gasteiger partial charge in [0.05, 0.1) is 15.7 Å². The number of carbonyl (C=O) groups excluding carboxylic acids is 1. The van der Waals surface area contributed by atoms with Crippen molar-refractivity contribution in [1.29, 1.82) is 0 Å². The van der Waals surface area contributed by atoms with E-state index in [1.165, 1.54) is 11.3 Å². The van der Waals surface area contributed by atoms with Crippen LogP contribution in [0, 0.1) is 6.92 Å². The van der Waals surface area contributed by atoms with Crippen molar-refractivity contribution in [3.63, 3.8) is 0 Å². The summed E-state index contributed by atoms with van der Waals surface area (Å²) in [6.45, 7) is 1.97. The fourth-order valence-corrected chi connectivity index (χ4v) is 2.60. The standard InChI is InChI=1S/C12H10Cl2N2OS/c1-7-4-11(18-6-7)16-12(17)15-10-3-2-8(13)5-9(10)14/h2-6H,1H3,(H2,15,16,17). The fourth-order valence-electron chi connectivity index (χ4n) is 1.35. The molecule has 6 heteroatoms. The molecule has 3 nitrogen and oxygen atoms in total. The van der Waals surface area contributed by atoms with Crippen molar-refractivity contribution in [3.8, 4) is 0 Å². The topological polar surface area (TPSA) is 41.1 Å². The van der Waals surface area contributed by atoms with Gasteiger partial charge in [-0.2, -0.15) is 0 Å². The minimum Gasteiger partial charge on any atom is -0.306 e. The highest BCUT2D eigenvalue weighted by molar-refractivity contribution is 7.14. The van der Waals surface area contributed by atoms with Gasteiger partial charge in [-0.05, 0) is 42.1 Å². The minimum absolute atomic E-state index is 0.332. The van der Waals surface area contributed by atoms with Crippen LogP contribution < -0.4 is 10.6 Å². The Bertz CT molecular complexity index is 583. The normalized spacial score (nSPS) is 10.2. The molecule has 0 bridgehead atoms. The van der Waals surface area contributed by atoms with E-state index in [1.54, 1.807) is 18.2 Å². The number of rotatable bonds is 2. The molecule has 2 rings (SSSR count). The number of carbonyl (C=O) groups is 1. The third-order valence-corrected chi connectivity index (χ3v) is 3.66. The summed E-state index contributed by atoms with van der Waals surface area (Å²) in [5, 5.41) is 9.07. The van der Waals surface area contributed by atoms with Gasteiger partial charge in [0.25, 0.3) is 0 Å². The Labute approximate surface area is 119 Å². The van der Waals surface area contributed by atoms with E-state index in [1.807, 2.05) is 18.4 Å². The van der Waals surface area contributed by atoms with Gasteiger partial charge in [-0.25, -0.2) is 4.79 Å². The highest BCUT2D eigenvalue weighted by Crippen LogP contribution is 2.26. The number of amides is 2. The van der Waals surface area contributed by atoms with Crippen molar-refractivity contribution in [1.82, 2.24) is 0 Å². The maximum absolute atomic E-state index is 11.7. The average molecular weight is 301 g/mol. The zero-order chi connectivity index (χ0) is 13.1. The van der Waals surface area contributed by atoms with Crippen molar-refractivity contribution < 1.29 is 4.79 Å². The second-order valence-corrected chi connectivity index (χ2v) is 5.45. The van der Waals surface area contributed by atoms with Crippen molar-refractivity contribution in [3.05, 3.63) is 45.3 Å². The third kappa shape index (κ3) is 3.38. The lowest BCUT2D eigenvalue weighted by Crippen LogP contribution is -2.18. The zero-order valence-corrected chi connectivity index (χ0v) is 11.8. The molecule has 1 heterocycles. The van der Waals surface area contributed by atoms with Crippen LogP contribution in [0.25, 0.3) is 0 Å². The number of anilines is 2. The molecule has 94 valence electrons. The first kappa shape index (κ1) is 13.2. The van der Waals surface area contributed by atoms with Gasteiger partial charge in [0.1, 0.15) is 0 Å². The highest BCUT2D eigenvalue weighted by Gasteiger charge is 2.07. The number of hydrogen-bond donors (Lipinski definition) is 2. The molecule has 0 saturated heterocycles. The number of urea groups is 1. The molecule has 2 aromatic rings. The summed E-state index contributed by atoms with van der Waals surface area (Å²) in [6.07, 6.45) is 0. The lowest BCUT2D eigenvalue weighted by molar-refractivity contribution is 0.262. The number of thiophene rings is 1. The Morgan fingerprint density at radius 3 is 2.61 bits per heavy atom. The molecule has 0 saturated carbocycles. The van der Waals surface area contributed by atoms with Gasteiger partial charge in [0.15, 0.2) is 0 Å². The van der Waals surface area contributed by atoms with Crippen LogP contribution in [0.15, 0.2) is 29.6 Å². The van der Waals surface area contributed by atoms with Gasteiger partial charge in [0, 0.05) is 5.02 Å². The molecule has 1 aromatic carbocycles. The highest BCUT2D eigenvalue weighted by atomic mass is 35.5. The quantitative estimate of drug-likeness (QED) is 0.804. The molecule has 0 atom stereocenters. The van der Waals surface area contributed by atoms with Gasteiger partial charge in [0.2, 0.25) is 0 Å². The maximum atomic E-state index is 11.7. The van der Waals surface area contributed by atoms with Gasteiger partial charge in [-0.3, -0.25) is 5.32 Å². The lowest BCUT2D eigenvalue weighted by Gasteiger charge is -2.07. The summed E-state index contributed by atoms with van der Waals surface area (Å²) in [7, 11) is 0. The van der Waals surface area contributed by atoms with E-state index in [0.717, 1.165) is 10.6 Å². The van der Waals surface area contributed by atoms with Crippen LogP contribution in [0.1, 0.15) is 5.56 Å². The molecule has 0 spiro atoms. The van der Waals surface area contributed by atoms with Crippen molar-refractivity contribution in [2.45, 2.75) is 6.92 Å². The van der Waals surface area contributed by atoms with E-state index >= 15 is 0 Å². The van der Waals surface area contributed by atoms with Crippen LogP contribution in [0.3, 0.4) is 0 Å². The Morgan fingerprint density at radius 2 is 2.00 bits per heavy atom. The van der Waals surface area contributed by atoms with Gasteiger partial charge < -0.3 is 5.32 Å². The van der Waals surface area contributed by atoms with Gasteiger partial charge in [-0.1, -0.05) is 23.2 Å². The Morgan fingerprint density at radius 1 is 1.22 bits per heavy atom.